The van der Waals surface area contributed by atoms with E-state index in [1.165, 1.54) is 24.3 Å². The molecule has 0 aliphatic rings. The smallest absolute Gasteiger partial charge is 0.170 e. The minimum atomic E-state index is -1.63. The summed E-state index contributed by atoms with van der Waals surface area (Å²) in [6.07, 6.45) is -2.79. The number of aliphatic hydroxyl groups is 2. The van der Waals surface area contributed by atoms with Gasteiger partial charge in [0.05, 0.1) is 11.6 Å². The van der Waals surface area contributed by atoms with Crippen LogP contribution in [0.5, 0.6) is 5.75 Å². The van der Waals surface area contributed by atoms with Crippen molar-refractivity contribution in [3.63, 3.8) is 0 Å². The van der Waals surface area contributed by atoms with Gasteiger partial charge >= 0.3 is 0 Å². The van der Waals surface area contributed by atoms with E-state index in [0.717, 1.165) is 0 Å². The number of hydrogen-bond acceptors (Lipinski definition) is 5. The number of rotatable bonds is 3. The van der Waals surface area contributed by atoms with Crippen LogP contribution in [0.2, 0.25) is 0 Å². The molecule has 5 nitrogen and oxygen atoms in total. The Balaban J connectivity index is 3.20. The molecule has 15 heavy (non-hydrogen) atoms. The van der Waals surface area contributed by atoms with Crippen LogP contribution in [0, 0.1) is 11.3 Å². The summed E-state index contributed by atoms with van der Waals surface area (Å²) in [6, 6.07) is 5.48. The molecule has 0 heterocycles. The van der Waals surface area contributed by atoms with E-state index in [4.69, 9.17) is 10.4 Å². The first kappa shape index (κ1) is 11.2. The second kappa shape index (κ2) is 4.55. The largest absolute Gasteiger partial charge is 0.507 e. The molecule has 0 amide bonds. The average molecular weight is 207 g/mol. The lowest BCUT2D eigenvalue weighted by atomic mass is 9.99. The van der Waals surface area contributed by atoms with Crippen LogP contribution in [0.15, 0.2) is 18.2 Å². The highest BCUT2D eigenvalue weighted by Crippen LogP contribution is 2.26. The van der Waals surface area contributed by atoms with Crippen molar-refractivity contribution < 1.29 is 20.1 Å². The van der Waals surface area contributed by atoms with Crippen LogP contribution in [0.1, 0.15) is 22.0 Å². The molecule has 1 aromatic rings. The van der Waals surface area contributed by atoms with E-state index >= 15 is 0 Å². The van der Waals surface area contributed by atoms with Crippen LogP contribution in [-0.4, -0.2) is 27.7 Å². The number of carbonyl (C=O) groups is 1. The minimum Gasteiger partial charge on any atom is -0.507 e. The zero-order valence-electron chi connectivity index (χ0n) is 7.66. The van der Waals surface area contributed by atoms with Crippen molar-refractivity contribution in [3.8, 4) is 11.8 Å². The number of aliphatic hydroxyl groups excluding tert-OH is 2. The predicted octanol–water partition coefficient (Wildman–Crippen LogP) is 0.123. The molecule has 0 aliphatic carbocycles. The topological polar surface area (TPSA) is 102 Å². The molecule has 0 saturated heterocycles. The van der Waals surface area contributed by atoms with E-state index in [-0.39, 0.29) is 16.9 Å². The van der Waals surface area contributed by atoms with Crippen LogP contribution in [0.25, 0.3) is 0 Å². The van der Waals surface area contributed by atoms with Crippen molar-refractivity contribution in [2.75, 3.05) is 0 Å². The molecule has 1 aromatic carbocycles. The third-order valence-corrected chi connectivity index (χ3v) is 1.98. The molecule has 3 N–H and O–H groups in total. The third kappa shape index (κ3) is 2.13. The lowest BCUT2D eigenvalue weighted by Crippen LogP contribution is -2.17. The normalized spacial score (nSPS) is 13.9. The molecule has 0 spiro atoms. The Morgan fingerprint density at radius 2 is 2.07 bits per heavy atom. The number of nitriles is 1. The van der Waals surface area contributed by atoms with Gasteiger partial charge in [-0.05, 0) is 11.6 Å². The maximum Gasteiger partial charge on any atom is 0.170 e. The van der Waals surface area contributed by atoms with Crippen molar-refractivity contribution in [1.82, 2.24) is 0 Å². The van der Waals surface area contributed by atoms with Crippen LogP contribution in [0.3, 0.4) is 0 Å². The zero-order chi connectivity index (χ0) is 11.4. The summed E-state index contributed by atoms with van der Waals surface area (Å²) in [7, 11) is 0. The number of carbonyl (C=O) groups excluding carboxylic acids is 1. The standard InChI is InChI=1S/C10H9NO4/c11-4-9(14)10(15)6-2-1-3-8(13)7(6)5-12/h1-3,5,9-10,13-15H. The first-order chi connectivity index (χ1) is 7.11. The Bertz CT molecular complexity index is 410. The molecule has 0 aromatic heterocycles. The predicted molar refractivity (Wildman–Crippen MR) is 50.1 cm³/mol. The van der Waals surface area contributed by atoms with Crippen LogP contribution in [-0.2, 0) is 0 Å². The lowest BCUT2D eigenvalue weighted by molar-refractivity contribution is 0.0520. The molecule has 78 valence electrons. The van der Waals surface area contributed by atoms with Crippen LogP contribution in [0.4, 0.5) is 0 Å². The molecular weight excluding hydrogens is 198 g/mol. The third-order valence-electron chi connectivity index (χ3n) is 1.98. The molecule has 0 bridgehead atoms. The maximum atomic E-state index is 10.6. The molecule has 2 unspecified atom stereocenters. The summed E-state index contributed by atoms with van der Waals surface area (Å²) in [4.78, 5) is 10.6. The van der Waals surface area contributed by atoms with E-state index in [1.807, 2.05) is 0 Å². The number of phenolic OH excluding ortho intramolecular Hbond substituents is 1. The highest BCUT2D eigenvalue weighted by atomic mass is 16.3. The Hall–Kier alpha value is -1.90. The van der Waals surface area contributed by atoms with Crippen molar-refractivity contribution in [2.24, 2.45) is 0 Å². The summed E-state index contributed by atoms with van der Waals surface area (Å²) >= 11 is 0. The van der Waals surface area contributed by atoms with Gasteiger partial charge in [0.1, 0.15) is 11.9 Å². The van der Waals surface area contributed by atoms with Crippen molar-refractivity contribution in [3.05, 3.63) is 29.3 Å². The molecule has 0 fully saturated rings. The number of nitrogens with zero attached hydrogens (tertiary/aromatic N) is 1. The number of hydrogen-bond donors (Lipinski definition) is 3. The first-order valence-electron chi connectivity index (χ1n) is 4.14. The average Bonchev–Trinajstić information content (AvgIpc) is 2.26. The zero-order valence-corrected chi connectivity index (χ0v) is 7.66. The number of aldehydes is 1. The maximum absolute atomic E-state index is 10.6. The quantitative estimate of drug-likeness (QED) is 0.482. The van der Waals surface area contributed by atoms with E-state index < -0.39 is 12.2 Å². The summed E-state index contributed by atoms with van der Waals surface area (Å²) in [6.45, 7) is 0. The van der Waals surface area contributed by atoms with Crippen molar-refractivity contribution >= 4 is 6.29 Å². The summed E-state index contributed by atoms with van der Waals surface area (Å²) in [5.41, 5.74) is -0.0987. The van der Waals surface area contributed by atoms with E-state index in [2.05, 4.69) is 0 Å². The van der Waals surface area contributed by atoms with Crippen LogP contribution >= 0.6 is 0 Å². The molecule has 2 atom stereocenters. The summed E-state index contributed by atoms with van der Waals surface area (Å²) < 4.78 is 0. The fourth-order valence-corrected chi connectivity index (χ4v) is 1.20. The Morgan fingerprint density at radius 1 is 1.40 bits per heavy atom. The van der Waals surface area contributed by atoms with Gasteiger partial charge in [-0.15, -0.1) is 0 Å². The van der Waals surface area contributed by atoms with Gasteiger partial charge in [0.15, 0.2) is 12.4 Å². The molecular formula is C10H9NO4. The monoisotopic (exact) mass is 207 g/mol. The van der Waals surface area contributed by atoms with E-state index in [9.17, 15) is 15.0 Å². The number of aromatic hydroxyl groups is 1. The fourth-order valence-electron chi connectivity index (χ4n) is 1.20. The molecule has 1 rings (SSSR count). The molecule has 5 heteroatoms. The SMILES string of the molecule is N#CC(O)C(O)c1cccc(O)c1C=O. The van der Waals surface area contributed by atoms with Gasteiger partial charge < -0.3 is 15.3 Å². The molecule has 0 radical (unpaired) electrons. The number of benzene rings is 1. The lowest BCUT2D eigenvalue weighted by Gasteiger charge is -2.14. The van der Waals surface area contributed by atoms with Gasteiger partial charge in [-0.1, -0.05) is 12.1 Å². The summed E-state index contributed by atoms with van der Waals surface area (Å²) in [5, 5.41) is 36.2. The van der Waals surface area contributed by atoms with Crippen LogP contribution < -0.4 is 0 Å². The van der Waals surface area contributed by atoms with Crippen molar-refractivity contribution in [2.45, 2.75) is 12.2 Å². The van der Waals surface area contributed by atoms with Gasteiger partial charge in [0.25, 0.3) is 0 Å². The molecule has 0 aliphatic heterocycles. The van der Waals surface area contributed by atoms with E-state index in [0.29, 0.717) is 6.29 Å². The Kier molecular flexibility index (Phi) is 3.39. The second-order valence-electron chi connectivity index (χ2n) is 2.92. The number of phenols is 1. The molecule has 0 saturated carbocycles. The van der Waals surface area contributed by atoms with Gasteiger partial charge in [0, 0.05) is 0 Å². The van der Waals surface area contributed by atoms with E-state index in [1.54, 1.807) is 0 Å². The summed E-state index contributed by atoms with van der Waals surface area (Å²) in [5.74, 6) is -0.299. The fraction of sp³-hybridized carbons (Fsp3) is 0.200. The van der Waals surface area contributed by atoms with Gasteiger partial charge in [-0.2, -0.15) is 5.26 Å². The van der Waals surface area contributed by atoms with Gasteiger partial charge in [0.2, 0.25) is 0 Å². The highest BCUT2D eigenvalue weighted by molar-refractivity contribution is 5.81. The highest BCUT2D eigenvalue weighted by Gasteiger charge is 2.21. The second-order valence-corrected chi connectivity index (χ2v) is 2.92. The first-order valence-corrected chi connectivity index (χ1v) is 4.14. The minimum absolute atomic E-state index is 0.0269. The Labute approximate surface area is 85.8 Å². The van der Waals surface area contributed by atoms with Gasteiger partial charge in [-0.25, -0.2) is 0 Å². The Morgan fingerprint density at radius 3 is 2.60 bits per heavy atom. The van der Waals surface area contributed by atoms with Gasteiger partial charge in [-0.3, -0.25) is 4.79 Å². The van der Waals surface area contributed by atoms with Crippen molar-refractivity contribution in [1.29, 1.82) is 5.26 Å².